The molecule has 0 aromatic heterocycles. The van der Waals surface area contributed by atoms with Gasteiger partial charge in [0, 0.05) is 5.71 Å². The van der Waals surface area contributed by atoms with Crippen molar-refractivity contribution in [1.29, 1.82) is 0 Å². The van der Waals surface area contributed by atoms with Gasteiger partial charge in [-0.1, -0.05) is 12.1 Å². The van der Waals surface area contributed by atoms with E-state index in [0.717, 1.165) is 11.4 Å². The highest BCUT2D eigenvalue weighted by atomic mass is 16.4. The molecule has 1 N–H and O–H groups in total. The number of carbonyl (C=O) groups is 1. The van der Waals surface area contributed by atoms with Crippen molar-refractivity contribution in [3.05, 3.63) is 29.8 Å². The summed E-state index contributed by atoms with van der Waals surface area (Å²) in [4.78, 5) is 10.5. The van der Waals surface area contributed by atoms with Gasteiger partial charge >= 0.3 is 0 Å². The molecule has 1 saturated carbocycles. The van der Waals surface area contributed by atoms with Crippen molar-refractivity contribution >= 4 is 17.4 Å². The van der Waals surface area contributed by atoms with Crippen molar-refractivity contribution in [2.45, 2.75) is 19.8 Å². The van der Waals surface area contributed by atoms with Crippen LogP contribution in [0.3, 0.4) is 0 Å². The standard InChI is InChI=1S/C12H14N2O2/c1-8(9-2-3-9)13-14-11-6-4-10(5-7-11)12(15)16/h4-7,9,14H,2-3H2,1H3,(H,15,16)/p-1/b13-8+. The summed E-state index contributed by atoms with van der Waals surface area (Å²) >= 11 is 0. The maximum Gasteiger partial charge on any atom is 0.0715 e. The van der Waals surface area contributed by atoms with Crippen LogP contribution in [0.25, 0.3) is 0 Å². The number of nitrogens with zero attached hydrogens (tertiary/aromatic N) is 1. The van der Waals surface area contributed by atoms with Crippen LogP contribution in [0.2, 0.25) is 0 Å². The number of hydrogen-bond donors (Lipinski definition) is 1. The number of hydrogen-bond acceptors (Lipinski definition) is 4. The van der Waals surface area contributed by atoms with Gasteiger partial charge in [-0.15, -0.1) is 0 Å². The molecule has 0 atom stereocenters. The molecule has 0 saturated heterocycles. The molecule has 1 aromatic rings. The Morgan fingerprint density at radius 3 is 2.50 bits per heavy atom. The molecule has 2 rings (SSSR count). The molecule has 1 aliphatic carbocycles. The molecule has 0 heterocycles. The molecule has 0 radical (unpaired) electrons. The Morgan fingerprint density at radius 2 is 2.00 bits per heavy atom. The van der Waals surface area contributed by atoms with E-state index in [1.165, 1.54) is 25.0 Å². The van der Waals surface area contributed by atoms with E-state index in [4.69, 9.17) is 0 Å². The number of nitrogens with one attached hydrogen (secondary N) is 1. The molecule has 0 aliphatic heterocycles. The Hall–Kier alpha value is -1.84. The molecule has 4 heteroatoms. The van der Waals surface area contributed by atoms with Gasteiger partial charge in [0.25, 0.3) is 0 Å². The summed E-state index contributed by atoms with van der Waals surface area (Å²) in [6.45, 7) is 2.00. The number of benzene rings is 1. The third-order valence-electron chi connectivity index (χ3n) is 2.65. The molecular weight excluding hydrogens is 204 g/mol. The molecule has 0 bridgehead atoms. The molecular formula is C12H13N2O2-. The summed E-state index contributed by atoms with van der Waals surface area (Å²) < 4.78 is 0. The lowest BCUT2D eigenvalue weighted by Crippen LogP contribution is -2.21. The van der Waals surface area contributed by atoms with Crippen molar-refractivity contribution in [3.8, 4) is 0 Å². The van der Waals surface area contributed by atoms with Crippen LogP contribution in [0.4, 0.5) is 5.69 Å². The molecule has 4 nitrogen and oxygen atoms in total. The van der Waals surface area contributed by atoms with Gasteiger partial charge in [-0.05, 0) is 43.4 Å². The van der Waals surface area contributed by atoms with Gasteiger partial charge in [0.2, 0.25) is 0 Å². The van der Waals surface area contributed by atoms with Crippen LogP contribution in [-0.4, -0.2) is 11.7 Å². The maximum atomic E-state index is 10.5. The van der Waals surface area contributed by atoms with E-state index in [1.54, 1.807) is 12.1 Å². The number of carbonyl (C=O) groups excluding carboxylic acids is 1. The second-order valence-corrected chi connectivity index (χ2v) is 4.00. The van der Waals surface area contributed by atoms with E-state index in [2.05, 4.69) is 10.5 Å². The summed E-state index contributed by atoms with van der Waals surface area (Å²) in [5, 5.41) is 14.8. The van der Waals surface area contributed by atoms with Gasteiger partial charge < -0.3 is 9.90 Å². The predicted octanol–water partition coefficient (Wildman–Crippen LogP) is 1.25. The highest BCUT2D eigenvalue weighted by Gasteiger charge is 2.24. The SMILES string of the molecule is C/C(=N\Nc1ccc(C(=O)[O-])cc1)C1CC1. The Balaban J connectivity index is 1.99. The predicted molar refractivity (Wildman–Crippen MR) is 60.2 cm³/mol. The van der Waals surface area contributed by atoms with Gasteiger partial charge in [0.05, 0.1) is 11.7 Å². The summed E-state index contributed by atoms with van der Waals surface area (Å²) in [5.74, 6) is -0.529. The Kier molecular flexibility index (Phi) is 2.90. The first-order valence-electron chi connectivity index (χ1n) is 5.28. The van der Waals surface area contributed by atoms with E-state index < -0.39 is 5.97 Å². The van der Waals surface area contributed by atoms with Gasteiger partial charge in [-0.3, -0.25) is 5.43 Å². The minimum atomic E-state index is -1.16. The highest BCUT2D eigenvalue weighted by molar-refractivity contribution is 5.87. The molecule has 1 aliphatic rings. The van der Waals surface area contributed by atoms with Crippen LogP contribution in [0.15, 0.2) is 29.4 Å². The van der Waals surface area contributed by atoms with Crippen molar-refractivity contribution < 1.29 is 9.90 Å². The number of carboxylic acids is 1. The van der Waals surface area contributed by atoms with Crippen molar-refractivity contribution in [3.63, 3.8) is 0 Å². The first-order valence-corrected chi connectivity index (χ1v) is 5.28. The van der Waals surface area contributed by atoms with Gasteiger partial charge in [-0.2, -0.15) is 5.10 Å². The van der Waals surface area contributed by atoms with Crippen molar-refractivity contribution in [2.24, 2.45) is 11.0 Å². The van der Waals surface area contributed by atoms with Crippen LogP contribution in [0.5, 0.6) is 0 Å². The third kappa shape index (κ3) is 2.59. The lowest BCUT2D eigenvalue weighted by molar-refractivity contribution is -0.255. The largest absolute Gasteiger partial charge is 0.545 e. The lowest BCUT2D eigenvalue weighted by Gasteiger charge is -2.05. The normalized spacial score (nSPS) is 15.9. The summed E-state index contributed by atoms with van der Waals surface area (Å²) in [6, 6.07) is 6.35. The number of carboxylic acid groups (broad SMARTS) is 1. The summed E-state index contributed by atoms with van der Waals surface area (Å²) in [7, 11) is 0. The zero-order valence-electron chi connectivity index (χ0n) is 9.06. The lowest BCUT2D eigenvalue weighted by atomic mass is 10.2. The average molecular weight is 217 g/mol. The second-order valence-electron chi connectivity index (χ2n) is 4.00. The molecule has 1 fully saturated rings. The van der Waals surface area contributed by atoms with Crippen molar-refractivity contribution in [2.75, 3.05) is 5.43 Å². The van der Waals surface area contributed by atoms with E-state index in [9.17, 15) is 9.90 Å². The van der Waals surface area contributed by atoms with E-state index in [-0.39, 0.29) is 5.56 Å². The number of aromatic carboxylic acids is 1. The third-order valence-corrected chi connectivity index (χ3v) is 2.65. The van der Waals surface area contributed by atoms with Gasteiger partial charge in [0.1, 0.15) is 0 Å². The van der Waals surface area contributed by atoms with E-state index in [1.807, 2.05) is 6.92 Å². The zero-order valence-corrected chi connectivity index (χ0v) is 9.06. The van der Waals surface area contributed by atoms with Crippen molar-refractivity contribution in [1.82, 2.24) is 0 Å². The second kappa shape index (κ2) is 4.35. The Bertz CT molecular complexity index is 419. The first kappa shape index (κ1) is 10.7. The fourth-order valence-electron chi connectivity index (χ4n) is 1.43. The fourth-order valence-corrected chi connectivity index (χ4v) is 1.43. The van der Waals surface area contributed by atoms with E-state index in [0.29, 0.717) is 5.92 Å². The quantitative estimate of drug-likeness (QED) is 0.609. The van der Waals surface area contributed by atoms with Crippen LogP contribution in [-0.2, 0) is 0 Å². The van der Waals surface area contributed by atoms with Crippen LogP contribution in [0.1, 0.15) is 30.1 Å². The smallest absolute Gasteiger partial charge is 0.0715 e. The minimum Gasteiger partial charge on any atom is -0.545 e. The molecule has 16 heavy (non-hydrogen) atoms. The Labute approximate surface area is 94.0 Å². The molecule has 0 spiro atoms. The fraction of sp³-hybridized carbons (Fsp3) is 0.333. The molecule has 0 amide bonds. The van der Waals surface area contributed by atoms with Gasteiger partial charge in [-0.25, -0.2) is 0 Å². The Morgan fingerprint density at radius 1 is 1.38 bits per heavy atom. The number of hydrazone groups is 1. The van der Waals surface area contributed by atoms with Crippen LogP contribution >= 0.6 is 0 Å². The van der Waals surface area contributed by atoms with Gasteiger partial charge in [0.15, 0.2) is 0 Å². The minimum absolute atomic E-state index is 0.174. The molecule has 0 unspecified atom stereocenters. The monoisotopic (exact) mass is 217 g/mol. The van der Waals surface area contributed by atoms with E-state index >= 15 is 0 Å². The topological polar surface area (TPSA) is 64.5 Å². The molecule has 84 valence electrons. The summed E-state index contributed by atoms with van der Waals surface area (Å²) in [6.07, 6.45) is 2.45. The number of rotatable bonds is 4. The highest BCUT2D eigenvalue weighted by Crippen LogP contribution is 2.30. The van der Waals surface area contributed by atoms with Crippen LogP contribution in [0, 0.1) is 5.92 Å². The molecule has 1 aromatic carbocycles. The number of anilines is 1. The average Bonchev–Trinajstić information content (AvgIpc) is 3.10. The van der Waals surface area contributed by atoms with Crippen LogP contribution < -0.4 is 10.5 Å². The maximum absolute atomic E-state index is 10.5. The first-order chi connectivity index (χ1) is 7.66. The zero-order chi connectivity index (χ0) is 11.5. The summed E-state index contributed by atoms with van der Waals surface area (Å²) in [5.41, 5.74) is 4.96.